The summed E-state index contributed by atoms with van der Waals surface area (Å²) in [5, 5.41) is 3.38. The number of rotatable bonds is 5. The van der Waals surface area contributed by atoms with E-state index in [4.69, 9.17) is 0 Å². The third-order valence-corrected chi connectivity index (χ3v) is 3.25. The molecule has 0 aromatic heterocycles. The number of anilines is 2. The molecule has 2 aromatic carbocycles. The molecule has 0 atom stereocenters. The zero-order chi connectivity index (χ0) is 14.5. The molecule has 3 heteroatoms. The molecule has 20 heavy (non-hydrogen) atoms. The Balaban J connectivity index is 2.12. The average molecular weight is 272 g/mol. The van der Waals surface area contributed by atoms with Crippen molar-refractivity contribution in [3.05, 3.63) is 59.9 Å². The monoisotopic (exact) mass is 272 g/mol. The number of nitrogens with zero attached hydrogens (tertiary/aromatic N) is 1. The Hall–Kier alpha value is -1.87. The van der Waals surface area contributed by atoms with Crippen molar-refractivity contribution in [2.75, 3.05) is 11.9 Å². The standard InChI is InChI=1S/C17H21FN2/c1-13(2)19-12-14-8-10-15(11-9-14)20(3)17-7-5-4-6-16(17)18/h4-11,13,19H,12H2,1-3H3. The molecule has 0 heterocycles. The summed E-state index contributed by atoms with van der Waals surface area (Å²) in [4.78, 5) is 1.86. The van der Waals surface area contributed by atoms with Crippen molar-refractivity contribution in [3.63, 3.8) is 0 Å². The van der Waals surface area contributed by atoms with Gasteiger partial charge in [0.25, 0.3) is 0 Å². The number of nitrogens with one attached hydrogen (secondary N) is 1. The summed E-state index contributed by atoms with van der Waals surface area (Å²) in [5.41, 5.74) is 2.79. The fraction of sp³-hybridized carbons (Fsp3) is 0.294. The van der Waals surface area contributed by atoms with Gasteiger partial charge in [-0.05, 0) is 29.8 Å². The van der Waals surface area contributed by atoms with Crippen molar-refractivity contribution in [1.29, 1.82) is 0 Å². The SMILES string of the molecule is CC(C)NCc1ccc(N(C)c2ccccc2F)cc1. The quantitative estimate of drug-likeness (QED) is 0.882. The Morgan fingerprint density at radius 1 is 1.05 bits per heavy atom. The van der Waals surface area contributed by atoms with E-state index in [1.807, 2.05) is 30.1 Å². The van der Waals surface area contributed by atoms with Crippen molar-refractivity contribution in [1.82, 2.24) is 5.32 Å². The fourth-order valence-corrected chi connectivity index (χ4v) is 2.02. The topological polar surface area (TPSA) is 15.3 Å². The maximum absolute atomic E-state index is 13.8. The van der Waals surface area contributed by atoms with E-state index in [2.05, 4.69) is 31.3 Å². The van der Waals surface area contributed by atoms with Gasteiger partial charge >= 0.3 is 0 Å². The van der Waals surface area contributed by atoms with Gasteiger partial charge in [-0.3, -0.25) is 0 Å². The molecule has 2 nitrogen and oxygen atoms in total. The van der Waals surface area contributed by atoms with E-state index in [9.17, 15) is 4.39 Å². The zero-order valence-corrected chi connectivity index (χ0v) is 12.2. The summed E-state index contributed by atoms with van der Waals surface area (Å²) in [6.07, 6.45) is 0. The molecule has 0 saturated heterocycles. The van der Waals surface area contributed by atoms with Crippen LogP contribution in [0.15, 0.2) is 48.5 Å². The second-order valence-electron chi connectivity index (χ2n) is 5.21. The van der Waals surface area contributed by atoms with E-state index >= 15 is 0 Å². The second kappa shape index (κ2) is 6.53. The molecule has 106 valence electrons. The van der Waals surface area contributed by atoms with Crippen LogP contribution in [0.4, 0.5) is 15.8 Å². The van der Waals surface area contributed by atoms with Crippen molar-refractivity contribution >= 4 is 11.4 Å². The third kappa shape index (κ3) is 3.58. The number of benzene rings is 2. The van der Waals surface area contributed by atoms with Crippen LogP contribution in [0.3, 0.4) is 0 Å². The minimum Gasteiger partial charge on any atom is -0.342 e. The van der Waals surface area contributed by atoms with E-state index < -0.39 is 0 Å². The van der Waals surface area contributed by atoms with Crippen LogP contribution in [0.1, 0.15) is 19.4 Å². The van der Waals surface area contributed by atoms with Crippen molar-refractivity contribution in [2.45, 2.75) is 26.4 Å². The molecule has 0 bridgehead atoms. The van der Waals surface area contributed by atoms with Gasteiger partial charge in [-0.2, -0.15) is 0 Å². The number of hydrogen-bond donors (Lipinski definition) is 1. The zero-order valence-electron chi connectivity index (χ0n) is 12.2. The van der Waals surface area contributed by atoms with Crippen LogP contribution in [0.2, 0.25) is 0 Å². The van der Waals surface area contributed by atoms with Crippen LogP contribution in [-0.4, -0.2) is 13.1 Å². The van der Waals surface area contributed by atoms with E-state index in [0.717, 1.165) is 12.2 Å². The lowest BCUT2D eigenvalue weighted by atomic mass is 10.1. The van der Waals surface area contributed by atoms with Crippen LogP contribution in [0.25, 0.3) is 0 Å². The van der Waals surface area contributed by atoms with E-state index in [0.29, 0.717) is 11.7 Å². The summed E-state index contributed by atoms with van der Waals surface area (Å²) in [6.45, 7) is 5.10. The van der Waals surface area contributed by atoms with Gasteiger partial charge in [-0.1, -0.05) is 38.1 Å². The smallest absolute Gasteiger partial charge is 0.146 e. The first-order chi connectivity index (χ1) is 9.58. The minimum absolute atomic E-state index is 0.208. The molecule has 0 aliphatic carbocycles. The first kappa shape index (κ1) is 14.5. The summed E-state index contributed by atoms with van der Waals surface area (Å²) >= 11 is 0. The Kier molecular flexibility index (Phi) is 4.74. The molecule has 0 fully saturated rings. The maximum atomic E-state index is 13.8. The molecular weight excluding hydrogens is 251 g/mol. The molecular formula is C17H21FN2. The highest BCUT2D eigenvalue weighted by molar-refractivity contribution is 5.63. The van der Waals surface area contributed by atoms with Gasteiger partial charge in [-0.15, -0.1) is 0 Å². The number of hydrogen-bond acceptors (Lipinski definition) is 2. The molecule has 2 aromatic rings. The van der Waals surface area contributed by atoms with Crippen LogP contribution >= 0.6 is 0 Å². The normalized spacial score (nSPS) is 10.8. The highest BCUT2D eigenvalue weighted by Crippen LogP contribution is 2.25. The summed E-state index contributed by atoms with van der Waals surface area (Å²) < 4.78 is 13.8. The van der Waals surface area contributed by atoms with Crippen molar-refractivity contribution in [3.8, 4) is 0 Å². The van der Waals surface area contributed by atoms with Gasteiger partial charge in [0.15, 0.2) is 0 Å². The predicted octanol–water partition coefficient (Wildman–Crippen LogP) is 4.09. The van der Waals surface area contributed by atoms with Gasteiger partial charge in [0, 0.05) is 25.3 Å². The van der Waals surface area contributed by atoms with E-state index in [1.54, 1.807) is 12.1 Å². The molecule has 0 spiro atoms. The van der Waals surface area contributed by atoms with Gasteiger partial charge in [0.05, 0.1) is 5.69 Å². The minimum atomic E-state index is -0.208. The number of para-hydroxylation sites is 1. The Bertz CT molecular complexity index is 549. The van der Waals surface area contributed by atoms with Crippen LogP contribution in [0.5, 0.6) is 0 Å². The Morgan fingerprint density at radius 3 is 2.30 bits per heavy atom. The summed E-state index contributed by atoms with van der Waals surface area (Å²) in [7, 11) is 1.87. The lowest BCUT2D eigenvalue weighted by Crippen LogP contribution is -2.21. The highest BCUT2D eigenvalue weighted by atomic mass is 19.1. The first-order valence-corrected chi connectivity index (χ1v) is 6.88. The van der Waals surface area contributed by atoms with Gasteiger partial charge in [-0.25, -0.2) is 4.39 Å². The molecule has 0 saturated carbocycles. The van der Waals surface area contributed by atoms with E-state index in [1.165, 1.54) is 11.6 Å². The fourth-order valence-electron chi connectivity index (χ4n) is 2.02. The molecule has 0 aliphatic heterocycles. The molecule has 1 N–H and O–H groups in total. The van der Waals surface area contributed by atoms with Crippen LogP contribution in [0, 0.1) is 5.82 Å². The van der Waals surface area contributed by atoms with Crippen molar-refractivity contribution in [2.24, 2.45) is 0 Å². The summed E-state index contributed by atoms with van der Waals surface area (Å²) in [6, 6.07) is 15.5. The van der Waals surface area contributed by atoms with E-state index in [-0.39, 0.29) is 5.82 Å². The lowest BCUT2D eigenvalue weighted by Gasteiger charge is -2.20. The van der Waals surface area contributed by atoms with Crippen molar-refractivity contribution < 1.29 is 4.39 Å². The van der Waals surface area contributed by atoms with Gasteiger partial charge < -0.3 is 10.2 Å². The van der Waals surface area contributed by atoms with Crippen LogP contribution < -0.4 is 10.2 Å². The maximum Gasteiger partial charge on any atom is 0.146 e. The summed E-state index contributed by atoms with van der Waals surface area (Å²) in [5.74, 6) is -0.208. The van der Waals surface area contributed by atoms with Gasteiger partial charge in [0.1, 0.15) is 5.82 Å². The average Bonchev–Trinajstić information content (AvgIpc) is 2.45. The Labute approximate surface area is 120 Å². The van der Waals surface area contributed by atoms with Crippen LogP contribution in [-0.2, 0) is 6.54 Å². The predicted molar refractivity (Wildman–Crippen MR) is 82.9 cm³/mol. The molecule has 0 radical (unpaired) electrons. The first-order valence-electron chi connectivity index (χ1n) is 6.88. The highest BCUT2D eigenvalue weighted by Gasteiger charge is 2.08. The second-order valence-corrected chi connectivity index (χ2v) is 5.21. The number of halogens is 1. The third-order valence-electron chi connectivity index (χ3n) is 3.25. The molecule has 0 aliphatic rings. The molecule has 2 rings (SSSR count). The Morgan fingerprint density at radius 2 is 1.70 bits per heavy atom. The molecule has 0 unspecified atom stereocenters. The largest absolute Gasteiger partial charge is 0.342 e. The lowest BCUT2D eigenvalue weighted by molar-refractivity contribution is 0.589. The molecule has 0 amide bonds. The van der Waals surface area contributed by atoms with Gasteiger partial charge in [0.2, 0.25) is 0 Å².